The molecule has 0 aromatic carbocycles. The molecule has 0 saturated carbocycles. The van der Waals surface area contributed by atoms with E-state index in [9.17, 15) is 4.79 Å². The summed E-state index contributed by atoms with van der Waals surface area (Å²) >= 11 is 0. The molecule has 2 saturated heterocycles. The highest BCUT2D eigenvalue weighted by atomic mass is 16.1. The van der Waals surface area contributed by atoms with Crippen LogP contribution in [-0.2, 0) is 4.79 Å². The van der Waals surface area contributed by atoms with Gasteiger partial charge >= 0.3 is 0 Å². The van der Waals surface area contributed by atoms with Crippen LogP contribution >= 0.6 is 0 Å². The predicted octanol–water partition coefficient (Wildman–Crippen LogP) is -0.940. The van der Waals surface area contributed by atoms with Gasteiger partial charge in [-0.15, -0.1) is 0 Å². The summed E-state index contributed by atoms with van der Waals surface area (Å²) in [4.78, 5) is 11.7. The van der Waals surface area contributed by atoms with Gasteiger partial charge in [-0.25, -0.2) is 10.0 Å². The van der Waals surface area contributed by atoms with E-state index < -0.39 is 0 Å². The molecule has 0 aliphatic carbocycles. The molecule has 2 N–H and O–H groups in total. The number of ketones is 1. The topological polar surface area (TPSA) is 47.6 Å². The lowest BCUT2D eigenvalue weighted by molar-refractivity contribution is -0.125. The van der Waals surface area contributed by atoms with Gasteiger partial charge < -0.3 is 10.6 Å². The Hall–Kier alpha value is -0.490. The van der Waals surface area contributed by atoms with E-state index in [2.05, 4.69) is 20.7 Å². The average molecular weight is 226 g/mol. The summed E-state index contributed by atoms with van der Waals surface area (Å²) in [5.74, 6) is 0.333. The molecule has 2 aliphatic heterocycles. The van der Waals surface area contributed by atoms with Crippen molar-refractivity contribution in [3.8, 4) is 0 Å². The number of hydrogen-bond acceptors (Lipinski definition) is 5. The Morgan fingerprint density at radius 1 is 1.19 bits per heavy atom. The van der Waals surface area contributed by atoms with Gasteiger partial charge in [0.15, 0.2) is 5.78 Å². The molecule has 0 radical (unpaired) electrons. The van der Waals surface area contributed by atoms with E-state index >= 15 is 0 Å². The highest BCUT2D eigenvalue weighted by molar-refractivity contribution is 5.84. The Labute approximate surface area is 97.1 Å². The first-order valence-corrected chi connectivity index (χ1v) is 6.28. The first-order valence-electron chi connectivity index (χ1n) is 6.28. The second-order valence-electron chi connectivity index (χ2n) is 4.44. The molecule has 1 unspecified atom stereocenters. The molecule has 92 valence electrons. The standard InChI is InChI=1S/C11H22N4O/c1-2-11(16)10-9-15(8-5-13-10)14-6-3-12-4-7-14/h10,12-13H,2-9H2,1H3. The van der Waals surface area contributed by atoms with E-state index in [1.165, 1.54) is 0 Å². The second-order valence-corrected chi connectivity index (χ2v) is 4.44. The van der Waals surface area contributed by atoms with Gasteiger partial charge in [-0.05, 0) is 0 Å². The quantitative estimate of drug-likeness (QED) is 0.650. The van der Waals surface area contributed by atoms with Gasteiger partial charge in [-0.2, -0.15) is 0 Å². The molecule has 2 fully saturated rings. The number of piperazine rings is 2. The first kappa shape index (κ1) is 12.0. The van der Waals surface area contributed by atoms with Crippen molar-refractivity contribution in [2.45, 2.75) is 19.4 Å². The minimum absolute atomic E-state index is 0.0358. The molecule has 2 rings (SSSR count). The summed E-state index contributed by atoms with van der Waals surface area (Å²) in [7, 11) is 0. The lowest BCUT2D eigenvalue weighted by Gasteiger charge is -2.42. The van der Waals surface area contributed by atoms with Gasteiger partial charge in [0.25, 0.3) is 0 Å². The van der Waals surface area contributed by atoms with E-state index in [1.54, 1.807) is 0 Å². The number of hydrogen-bond donors (Lipinski definition) is 2. The van der Waals surface area contributed by atoms with Crippen LogP contribution in [0, 0.1) is 0 Å². The molecule has 2 heterocycles. The minimum atomic E-state index is 0.0358. The summed E-state index contributed by atoms with van der Waals surface area (Å²) in [6.07, 6.45) is 0.632. The van der Waals surface area contributed by atoms with Crippen molar-refractivity contribution < 1.29 is 4.79 Å². The molecule has 1 atom stereocenters. The lowest BCUT2D eigenvalue weighted by Crippen LogP contribution is -2.61. The zero-order valence-electron chi connectivity index (χ0n) is 10.0. The Bertz CT molecular complexity index is 240. The van der Waals surface area contributed by atoms with Gasteiger partial charge in [-0.3, -0.25) is 4.79 Å². The van der Waals surface area contributed by atoms with Gasteiger partial charge in [0.05, 0.1) is 6.04 Å². The summed E-state index contributed by atoms with van der Waals surface area (Å²) in [6, 6.07) is 0.0358. The smallest absolute Gasteiger partial charge is 0.150 e. The monoisotopic (exact) mass is 226 g/mol. The van der Waals surface area contributed by atoms with Crippen LogP contribution in [0.3, 0.4) is 0 Å². The van der Waals surface area contributed by atoms with E-state index in [-0.39, 0.29) is 6.04 Å². The van der Waals surface area contributed by atoms with E-state index in [4.69, 9.17) is 0 Å². The number of nitrogens with zero attached hydrogens (tertiary/aromatic N) is 2. The van der Waals surface area contributed by atoms with Crippen molar-refractivity contribution in [2.75, 3.05) is 45.8 Å². The van der Waals surface area contributed by atoms with E-state index in [0.29, 0.717) is 12.2 Å². The largest absolute Gasteiger partial charge is 0.314 e. The Morgan fingerprint density at radius 3 is 2.56 bits per heavy atom. The summed E-state index contributed by atoms with van der Waals surface area (Å²) < 4.78 is 0. The molecule has 16 heavy (non-hydrogen) atoms. The Kier molecular flexibility index (Phi) is 4.29. The van der Waals surface area contributed by atoms with Crippen molar-refractivity contribution >= 4 is 5.78 Å². The fourth-order valence-electron chi connectivity index (χ4n) is 2.39. The summed E-state index contributed by atoms with van der Waals surface area (Å²) in [5.41, 5.74) is 0. The molecular formula is C11H22N4O. The molecule has 0 bridgehead atoms. The van der Waals surface area contributed by atoms with Gasteiger partial charge in [0, 0.05) is 52.2 Å². The maximum absolute atomic E-state index is 11.7. The number of rotatable bonds is 3. The third-order valence-electron chi connectivity index (χ3n) is 3.38. The number of carbonyl (C=O) groups is 1. The summed E-state index contributed by atoms with van der Waals surface area (Å²) in [5, 5.41) is 11.4. The van der Waals surface area contributed by atoms with Crippen LogP contribution in [0.5, 0.6) is 0 Å². The van der Waals surface area contributed by atoms with Crippen molar-refractivity contribution in [1.29, 1.82) is 0 Å². The molecule has 0 aromatic heterocycles. The van der Waals surface area contributed by atoms with E-state index in [1.807, 2.05) is 6.92 Å². The third kappa shape index (κ3) is 2.79. The van der Waals surface area contributed by atoms with Gasteiger partial charge in [0.1, 0.15) is 0 Å². The molecular weight excluding hydrogens is 204 g/mol. The fraction of sp³-hybridized carbons (Fsp3) is 0.909. The normalized spacial score (nSPS) is 29.2. The SMILES string of the molecule is CCC(=O)C1CN(N2CCNCC2)CCN1. The molecule has 5 heteroatoms. The third-order valence-corrected chi connectivity index (χ3v) is 3.38. The van der Waals surface area contributed by atoms with Crippen molar-refractivity contribution in [3.05, 3.63) is 0 Å². The van der Waals surface area contributed by atoms with Gasteiger partial charge in [-0.1, -0.05) is 6.92 Å². The zero-order chi connectivity index (χ0) is 11.4. The summed E-state index contributed by atoms with van der Waals surface area (Å²) in [6.45, 7) is 8.95. The average Bonchev–Trinajstić information content (AvgIpc) is 2.39. The molecule has 0 spiro atoms. The van der Waals surface area contributed by atoms with Crippen molar-refractivity contribution in [1.82, 2.24) is 20.7 Å². The highest BCUT2D eigenvalue weighted by Crippen LogP contribution is 2.07. The zero-order valence-corrected chi connectivity index (χ0v) is 10.0. The highest BCUT2D eigenvalue weighted by Gasteiger charge is 2.27. The Balaban J connectivity index is 1.87. The number of Topliss-reactive ketones (excluding diaryl/α,β-unsaturated/α-hetero) is 1. The predicted molar refractivity (Wildman–Crippen MR) is 63.1 cm³/mol. The van der Waals surface area contributed by atoms with Crippen LogP contribution in [0.15, 0.2) is 0 Å². The fourth-order valence-corrected chi connectivity index (χ4v) is 2.39. The maximum Gasteiger partial charge on any atom is 0.150 e. The van der Waals surface area contributed by atoms with Crippen LogP contribution in [0.25, 0.3) is 0 Å². The van der Waals surface area contributed by atoms with Crippen LogP contribution in [0.1, 0.15) is 13.3 Å². The van der Waals surface area contributed by atoms with Crippen LogP contribution in [0.4, 0.5) is 0 Å². The minimum Gasteiger partial charge on any atom is -0.314 e. The maximum atomic E-state index is 11.7. The van der Waals surface area contributed by atoms with E-state index in [0.717, 1.165) is 45.8 Å². The molecule has 2 aliphatic rings. The molecule has 0 amide bonds. The number of hydrazine groups is 1. The van der Waals surface area contributed by atoms with Crippen molar-refractivity contribution in [2.24, 2.45) is 0 Å². The van der Waals surface area contributed by atoms with Crippen LogP contribution in [0.2, 0.25) is 0 Å². The second kappa shape index (κ2) is 5.72. The number of nitrogens with one attached hydrogen (secondary N) is 2. The lowest BCUT2D eigenvalue weighted by atomic mass is 10.1. The molecule has 0 aromatic rings. The molecule has 5 nitrogen and oxygen atoms in total. The van der Waals surface area contributed by atoms with Gasteiger partial charge in [0.2, 0.25) is 0 Å². The number of carbonyl (C=O) groups excluding carboxylic acids is 1. The Morgan fingerprint density at radius 2 is 1.88 bits per heavy atom. The van der Waals surface area contributed by atoms with Crippen LogP contribution < -0.4 is 10.6 Å². The van der Waals surface area contributed by atoms with Crippen molar-refractivity contribution in [3.63, 3.8) is 0 Å². The van der Waals surface area contributed by atoms with Crippen LogP contribution in [-0.4, -0.2) is 67.7 Å². The first-order chi connectivity index (χ1) is 7.81.